The lowest BCUT2D eigenvalue weighted by molar-refractivity contribution is 0.0600. The summed E-state index contributed by atoms with van der Waals surface area (Å²) in [5.74, 6) is -1.02. The van der Waals surface area contributed by atoms with Gasteiger partial charge in [0.05, 0.1) is 12.7 Å². The number of amides is 1. The van der Waals surface area contributed by atoms with E-state index < -0.39 is 5.97 Å². The second-order valence-corrected chi connectivity index (χ2v) is 6.26. The van der Waals surface area contributed by atoms with E-state index in [2.05, 4.69) is 15.6 Å². The number of hydrogen-bond acceptors (Lipinski definition) is 5. The van der Waals surface area contributed by atoms with Crippen molar-refractivity contribution in [2.24, 2.45) is 0 Å². The molecule has 0 aliphatic heterocycles. The highest BCUT2D eigenvalue weighted by Gasteiger charge is 2.09. The van der Waals surface area contributed by atoms with Crippen LogP contribution in [0.1, 0.15) is 26.4 Å². The van der Waals surface area contributed by atoms with Gasteiger partial charge in [-0.3, -0.25) is 9.78 Å². The molecule has 3 aromatic rings. The molecule has 1 amide bonds. The summed E-state index contributed by atoms with van der Waals surface area (Å²) < 4.78 is 17.6. The maximum atomic E-state index is 12.9. The summed E-state index contributed by atoms with van der Waals surface area (Å²) in [6.07, 6.45) is 2.12. The molecule has 0 fully saturated rings. The molecular formula is C22H20FN3O3. The molecule has 2 N–H and O–H groups in total. The summed E-state index contributed by atoms with van der Waals surface area (Å²) in [4.78, 5) is 28.1. The topological polar surface area (TPSA) is 80.3 Å². The summed E-state index contributed by atoms with van der Waals surface area (Å²) in [7, 11) is 1.33. The Bertz CT molecular complexity index is 1010. The number of ether oxygens (including phenoxy) is 1. The Morgan fingerprint density at radius 1 is 1.03 bits per heavy atom. The van der Waals surface area contributed by atoms with Crippen LogP contribution in [-0.4, -0.2) is 30.5 Å². The number of aromatic nitrogens is 1. The van der Waals surface area contributed by atoms with Gasteiger partial charge in [-0.05, 0) is 54.4 Å². The average molecular weight is 393 g/mol. The molecule has 0 bridgehead atoms. The van der Waals surface area contributed by atoms with Crippen LogP contribution < -0.4 is 10.6 Å². The van der Waals surface area contributed by atoms with E-state index >= 15 is 0 Å². The van der Waals surface area contributed by atoms with Crippen LogP contribution in [-0.2, 0) is 11.2 Å². The second kappa shape index (κ2) is 9.45. The molecule has 1 heterocycles. The van der Waals surface area contributed by atoms with Gasteiger partial charge in [-0.15, -0.1) is 0 Å². The number of hydrogen-bond donors (Lipinski definition) is 2. The molecule has 7 heteroatoms. The third-order valence-electron chi connectivity index (χ3n) is 4.18. The van der Waals surface area contributed by atoms with Crippen molar-refractivity contribution in [1.29, 1.82) is 0 Å². The molecule has 3 rings (SSSR count). The van der Waals surface area contributed by atoms with Crippen molar-refractivity contribution in [3.05, 3.63) is 89.5 Å². The van der Waals surface area contributed by atoms with Crippen LogP contribution in [0.4, 0.5) is 15.8 Å². The van der Waals surface area contributed by atoms with E-state index in [9.17, 15) is 14.0 Å². The van der Waals surface area contributed by atoms with E-state index in [1.807, 2.05) is 0 Å². The highest BCUT2D eigenvalue weighted by atomic mass is 19.1. The summed E-state index contributed by atoms with van der Waals surface area (Å²) in [6, 6.07) is 16.4. The van der Waals surface area contributed by atoms with Crippen molar-refractivity contribution in [2.75, 3.05) is 19.0 Å². The third-order valence-corrected chi connectivity index (χ3v) is 4.18. The molecule has 0 atom stereocenters. The van der Waals surface area contributed by atoms with Crippen LogP contribution in [0.15, 0.2) is 66.9 Å². The Kier molecular flexibility index (Phi) is 6.52. The molecule has 148 valence electrons. The first-order chi connectivity index (χ1) is 14.0. The monoisotopic (exact) mass is 393 g/mol. The largest absolute Gasteiger partial charge is 0.465 e. The molecule has 6 nitrogen and oxygen atoms in total. The first-order valence-electron chi connectivity index (χ1n) is 8.99. The van der Waals surface area contributed by atoms with Crippen molar-refractivity contribution in [2.45, 2.75) is 6.42 Å². The lowest BCUT2D eigenvalue weighted by Crippen LogP contribution is -2.26. The van der Waals surface area contributed by atoms with Gasteiger partial charge in [0.25, 0.3) is 5.91 Å². The van der Waals surface area contributed by atoms with E-state index in [0.717, 1.165) is 5.56 Å². The predicted molar refractivity (Wildman–Crippen MR) is 108 cm³/mol. The lowest BCUT2D eigenvalue weighted by Gasteiger charge is -2.09. The molecule has 0 radical (unpaired) electrons. The SMILES string of the molecule is COC(=O)c1cccc(Nc2ccnc(C(=O)NCCc3ccc(F)cc3)c2)c1. The van der Waals surface area contributed by atoms with Crippen molar-refractivity contribution < 1.29 is 18.7 Å². The fourth-order valence-corrected chi connectivity index (χ4v) is 2.70. The van der Waals surface area contributed by atoms with Gasteiger partial charge < -0.3 is 15.4 Å². The van der Waals surface area contributed by atoms with Crippen LogP contribution in [0.3, 0.4) is 0 Å². The number of nitrogens with one attached hydrogen (secondary N) is 2. The van der Waals surface area contributed by atoms with Gasteiger partial charge in [0, 0.05) is 24.1 Å². The van der Waals surface area contributed by atoms with Gasteiger partial charge >= 0.3 is 5.97 Å². The summed E-state index contributed by atoms with van der Waals surface area (Å²) in [5, 5.41) is 5.94. The highest BCUT2D eigenvalue weighted by molar-refractivity contribution is 5.93. The number of carbonyl (C=O) groups excluding carboxylic acids is 2. The second-order valence-electron chi connectivity index (χ2n) is 6.26. The average Bonchev–Trinajstić information content (AvgIpc) is 2.75. The number of nitrogens with zero attached hydrogens (tertiary/aromatic N) is 1. The van der Waals surface area contributed by atoms with E-state index in [4.69, 9.17) is 4.74 Å². The maximum absolute atomic E-state index is 12.9. The van der Waals surface area contributed by atoms with Crippen LogP contribution in [0.5, 0.6) is 0 Å². The summed E-state index contributed by atoms with van der Waals surface area (Å²) >= 11 is 0. The van der Waals surface area contributed by atoms with Gasteiger partial charge in [-0.25, -0.2) is 9.18 Å². The fourth-order valence-electron chi connectivity index (χ4n) is 2.70. The van der Waals surface area contributed by atoms with Gasteiger partial charge in [-0.2, -0.15) is 0 Å². The molecule has 0 saturated carbocycles. The van der Waals surface area contributed by atoms with E-state index in [1.54, 1.807) is 48.5 Å². The molecule has 0 spiro atoms. The van der Waals surface area contributed by atoms with Crippen molar-refractivity contribution in [1.82, 2.24) is 10.3 Å². The number of benzene rings is 2. The predicted octanol–water partition coefficient (Wildman–Crippen LogP) is 3.72. The number of esters is 1. The standard InChI is InChI=1S/C22H20FN3O3/c1-29-22(28)16-3-2-4-18(13-16)26-19-10-12-24-20(14-19)21(27)25-11-9-15-5-7-17(23)8-6-15/h2-8,10,12-14H,9,11H2,1H3,(H,24,26)(H,25,27). The molecule has 2 aromatic carbocycles. The molecular weight excluding hydrogens is 373 g/mol. The molecule has 0 aliphatic rings. The molecule has 0 saturated heterocycles. The van der Waals surface area contributed by atoms with Crippen molar-refractivity contribution >= 4 is 23.3 Å². The van der Waals surface area contributed by atoms with E-state index in [1.165, 1.54) is 25.4 Å². The fraction of sp³-hybridized carbons (Fsp3) is 0.136. The Hall–Kier alpha value is -3.74. The zero-order valence-electron chi connectivity index (χ0n) is 15.8. The van der Waals surface area contributed by atoms with E-state index in [0.29, 0.717) is 29.9 Å². The number of carbonyl (C=O) groups is 2. The summed E-state index contributed by atoms with van der Waals surface area (Å²) in [6.45, 7) is 0.408. The third kappa shape index (κ3) is 5.62. The molecule has 1 aromatic heterocycles. The van der Waals surface area contributed by atoms with Gasteiger partial charge in [0.2, 0.25) is 0 Å². The number of halogens is 1. The molecule has 29 heavy (non-hydrogen) atoms. The lowest BCUT2D eigenvalue weighted by atomic mass is 10.1. The Morgan fingerprint density at radius 2 is 1.79 bits per heavy atom. The molecule has 0 aliphatic carbocycles. The quantitative estimate of drug-likeness (QED) is 0.598. The van der Waals surface area contributed by atoms with Gasteiger partial charge in [-0.1, -0.05) is 18.2 Å². The van der Waals surface area contributed by atoms with Crippen LogP contribution in [0, 0.1) is 5.82 Å². The number of anilines is 2. The Balaban J connectivity index is 1.60. The van der Waals surface area contributed by atoms with Crippen LogP contribution in [0.2, 0.25) is 0 Å². The van der Waals surface area contributed by atoms with Crippen molar-refractivity contribution in [3.8, 4) is 0 Å². The Labute approximate surface area is 167 Å². The first kappa shape index (κ1) is 20.0. The van der Waals surface area contributed by atoms with Gasteiger partial charge in [0.15, 0.2) is 0 Å². The highest BCUT2D eigenvalue weighted by Crippen LogP contribution is 2.18. The first-order valence-corrected chi connectivity index (χ1v) is 8.99. The normalized spacial score (nSPS) is 10.3. The van der Waals surface area contributed by atoms with Crippen LogP contribution in [0.25, 0.3) is 0 Å². The smallest absolute Gasteiger partial charge is 0.337 e. The zero-order valence-corrected chi connectivity index (χ0v) is 15.8. The minimum Gasteiger partial charge on any atom is -0.465 e. The van der Waals surface area contributed by atoms with E-state index in [-0.39, 0.29) is 17.4 Å². The van der Waals surface area contributed by atoms with Gasteiger partial charge in [0.1, 0.15) is 11.5 Å². The minimum absolute atomic E-state index is 0.262. The number of rotatable bonds is 7. The molecule has 0 unspecified atom stereocenters. The minimum atomic E-state index is -0.426. The summed E-state index contributed by atoms with van der Waals surface area (Å²) in [5.41, 5.74) is 2.96. The van der Waals surface area contributed by atoms with Crippen molar-refractivity contribution in [3.63, 3.8) is 0 Å². The zero-order chi connectivity index (χ0) is 20.6. The number of methoxy groups -OCH3 is 1. The Morgan fingerprint density at radius 3 is 2.55 bits per heavy atom. The number of pyridine rings is 1. The van der Waals surface area contributed by atoms with Crippen LogP contribution >= 0.6 is 0 Å². The maximum Gasteiger partial charge on any atom is 0.337 e.